The molecule has 1 aromatic carbocycles. The van der Waals surface area contributed by atoms with Crippen LogP contribution in [0.3, 0.4) is 0 Å². The van der Waals surface area contributed by atoms with E-state index < -0.39 is 6.04 Å². The number of hydrogen-bond acceptors (Lipinski definition) is 5. The molecular formula is C19H25N3O4. The number of carbonyl (C=O) groups excluding carboxylic acids is 3. The van der Waals surface area contributed by atoms with Crippen LogP contribution >= 0.6 is 0 Å². The third-order valence-electron chi connectivity index (χ3n) is 5.10. The van der Waals surface area contributed by atoms with E-state index in [1.807, 2.05) is 0 Å². The topological polar surface area (TPSA) is 90.0 Å². The summed E-state index contributed by atoms with van der Waals surface area (Å²) in [4.78, 5) is 39.9. The Morgan fingerprint density at radius 1 is 1.23 bits per heavy atom. The molecular weight excluding hydrogens is 334 g/mol. The van der Waals surface area contributed by atoms with Gasteiger partial charge in [0.2, 0.25) is 11.8 Å². The van der Waals surface area contributed by atoms with Crippen molar-refractivity contribution in [3.8, 4) is 0 Å². The number of rotatable bonds is 5. The molecule has 2 saturated heterocycles. The first-order valence-electron chi connectivity index (χ1n) is 9.12. The molecule has 7 nitrogen and oxygen atoms in total. The maximum absolute atomic E-state index is 13.0. The van der Waals surface area contributed by atoms with Crippen LogP contribution in [0.4, 0.5) is 11.4 Å². The van der Waals surface area contributed by atoms with E-state index in [0.717, 1.165) is 25.8 Å². The second kappa shape index (κ2) is 7.97. The first-order chi connectivity index (χ1) is 12.5. The van der Waals surface area contributed by atoms with E-state index in [1.54, 1.807) is 24.3 Å². The van der Waals surface area contributed by atoms with Gasteiger partial charge in [-0.15, -0.1) is 0 Å². The monoisotopic (exact) mass is 359 g/mol. The van der Waals surface area contributed by atoms with Gasteiger partial charge in [-0.1, -0.05) is 6.42 Å². The maximum atomic E-state index is 13.0. The van der Waals surface area contributed by atoms with Gasteiger partial charge in [0.25, 0.3) is 5.91 Å². The zero-order valence-electron chi connectivity index (χ0n) is 15.0. The number of piperidine rings is 1. The minimum absolute atomic E-state index is 0.0876. The molecule has 2 fully saturated rings. The average molecular weight is 359 g/mol. The van der Waals surface area contributed by atoms with Gasteiger partial charge in [0.1, 0.15) is 0 Å². The van der Waals surface area contributed by atoms with Crippen LogP contribution < -0.4 is 10.2 Å². The lowest BCUT2D eigenvalue weighted by molar-refractivity contribution is -0.124. The van der Waals surface area contributed by atoms with Crippen molar-refractivity contribution < 1.29 is 19.5 Å². The summed E-state index contributed by atoms with van der Waals surface area (Å²) in [6.07, 6.45) is 3.84. The fraction of sp³-hybridized carbons (Fsp3) is 0.526. The van der Waals surface area contributed by atoms with E-state index in [9.17, 15) is 19.5 Å². The minimum atomic E-state index is -0.450. The Morgan fingerprint density at radius 3 is 2.62 bits per heavy atom. The quantitative estimate of drug-likeness (QED) is 0.778. The number of hydrogen-bond donors (Lipinski definition) is 2. The number of aliphatic hydroxyl groups excluding tert-OH is 1. The van der Waals surface area contributed by atoms with E-state index in [1.165, 1.54) is 11.8 Å². The summed E-state index contributed by atoms with van der Waals surface area (Å²) < 4.78 is 0. The van der Waals surface area contributed by atoms with Crippen molar-refractivity contribution in [1.82, 2.24) is 4.90 Å². The molecule has 140 valence electrons. The Balaban J connectivity index is 1.77. The van der Waals surface area contributed by atoms with Crippen molar-refractivity contribution in [2.75, 3.05) is 23.4 Å². The fourth-order valence-electron chi connectivity index (χ4n) is 3.94. The highest BCUT2D eigenvalue weighted by Crippen LogP contribution is 2.31. The Morgan fingerprint density at radius 2 is 1.96 bits per heavy atom. The van der Waals surface area contributed by atoms with Crippen LogP contribution in [0.25, 0.3) is 0 Å². The van der Waals surface area contributed by atoms with Crippen molar-refractivity contribution in [2.24, 2.45) is 0 Å². The second-order valence-corrected chi connectivity index (χ2v) is 6.92. The van der Waals surface area contributed by atoms with Crippen LogP contribution in [0.2, 0.25) is 0 Å². The Kier molecular flexibility index (Phi) is 5.68. The molecule has 3 amide bonds. The van der Waals surface area contributed by atoms with Gasteiger partial charge in [0.15, 0.2) is 0 Å². The normalized spacial score (nSPS) is 24.2. The summed E-state index contributed by atoms with van der Waals surface area (Å²) in [6, 6.07) is 6.41. The lowest BCUT2D eigenvalue weighted by Gasteiger charge is -2.38. The smallest absolute Gasteiger partial charge is 0.251 e. The van der Waals surface area contributed by atoms with E-state index in [0.29, 0.717) is 17.8 Å². The van der Waals surface area contributed by atoms with Crippen LogP contribution in [-0.2, 0) is 14.4 Å². The lowest BCUT2D eigenvalue weighted by Crippen LogP contribution is -2.50. The van der Waals surface area contributed by atoms with Crippen molar-refractivity contribution >= 4 is 29.1 Å². The number of anilines is 2. The molecule has 1 aromatic rings. The molecule has 0 radical (unpaired) electrons. The number of nitrogens with one attached hydrogen (secondary N) is 1. The standard InChI is InChI=1S/C19H25N3O4/c1-13(24)20-14-5-7-16(8-6-14)22-18(25)12-17(19(22)26)21-10-3-2-4-15(21)9-11-23/h5-8,15,17,23H,2-4,9-12H2,1H3,(H,20,24)/t15-,17+/m1/s1. The van der Waals surface area contributed by atoms with Gasteiger partial charge >= 0.3 is 0 Å². The van der Waals surface area contributed by atoms with Gasteiger partial charge in [0, 0.05) is 25.3 Å². The largest absolute Gasteiger partial charge is 0.396 e. The first-order valence-corrected chi connectivity index (χ1v) is 9.12. The summed E-state index contributed by atoms with van der Waals surface area (Å²) in [5, 5.41) is 12.0. The predicted octanol–water partition coefficient (Wildman–Crippen LogP) is 1.51. The molecule has 7 heteroatoms. The average Bonchev–Trinajstić information content (AvgIpc) is 2.90. The van der Waals surface area contributed by atoms with Crippen molar-refractivity contribution in [3.05, 3.63) is 24.3 Å². The Hall–Kier alpha value is -2.25. The molecule has 0 aliphatic carbocycles. The molecule has 0 aromatic heterocycles. The zero-order valence-corrected chi connectivity index (χ0v) is 15.0. The van der Waals surface area contributed by atoms with Crippen molar-refractivity contribution in [1.29, 1.82) is 0 Å². The van der Waals surface area contributed by atoms with Gasteiger partial charge < -0.3 is 10.4 Å². The number of nitrogens with zero attached hydrogens (tertiary/aromatic N) is 2. The first kappa shape index (κ1) is 18.5. The maximum Gasteiger partial charge on any atom is 0.251 e. The van der Waals surface area contributed by atoms with Gasteiger partial charge in [-0.05, 0) is 50.1 Å². The number of carbonyl (C=O) groups is 3. The second-order valence-electron chi connectivity index (χ2n) is 6.92. The van der Waals surface area contributed by atoms with E-state index in [4.69, 9.17) is 0 Å². The summed E-state index contributed by atoms with van der Waals surface area (Å²) in [6.45, 7) is 2.29. The van der Waals surface area contributed by atoms with Gasteiger partial charge in [-0.3, -0.25) is 19.3 Å². The molecule has 2 aliphatic rings. The molecule has 0 saturated carbocycles. The van der Waals surface area contributed by atoms with Gasteiger partial charge in [0.05, 0.1) is 18.2 Å². The van der Waals surface area contributed by atoms with Crippen LogP contribution in [0.15, 0.2) is 24.3 Å². The lowest BCUT2D eigenvalue weighted by atomic mass is 9.97. The van der Waals surface area contributed by atoms with E-state index in [-0.39, 0.29) is 36.8 Å². The summed E-state index contributed by atoms with van der Waals surface area (Å²) >= 11 is 0. The van der Waals surface area contributed by atoms with Gasteiger partial charge in [-0.2, -0.15) is 0 Å². The van der Waals surface area contributed by atoms with Gasteiger partial charge in [-0.25, -0.2) is 4.90 Å². The fourth-order valence-corrected chi connectivity index (χ4v) is 3.94. The molecule has 0 spiro atoms. The predicted molar refractivity (Wildman–Crippen MR) is 97.7 cm³/mol. The van der Waals surface area contributed by atoms with E-state index in [2.05, 4.69) is 10.2 Å². The van der Waals surface area contributed by atoms with Crippen molar-refractivity contribution in [3.63, 3.8) is 0 Å². The molecule has 2 N–H and O–H groups in total. The number of benzene rings is 1. The molecule has 2 atom stereocenters. The van der Waals surface area contributed by atoms with Crippen LogP contribution in [0.1, 0.15) is 39.0 Å². The summed E-state index contributed by atoms with van der Waals surface area (Å²) in [7, 11) is 0. The minimum Gasteiger partial charge on any atom is -0.396 e. The van der Waals surface area contributed by atoms with Crippen LogP contribution in [0, 0.1) is 0 Å². The number of likely N-dealkylation sites (tertiary alicyclic amines) is 1. The third-order valence-corrected chi connectivity index (χ3v) is 5.10. The summed E-state index contributed by atoms with van der Waals surface area (Å²) in [5.41, 5.74) is 1.14. The van der Waals surface area contributed by atoms with E-state index >= 15 is 0 Å². The third kappa shape index (κ3) is 3.78. The highest BCUT2D eigenvalue weighted by atomic mass is 16.3. The molecule has 0 unspecified atom stereocenters. The Labute approximate surface area is 153 Å². The molecule has 2 aliphatic heterocycles. The highest BCUT2D eigenvalue weighted by molar-refractivity contribution is 6.22. The SMILES string of the molecule is CC(=O)Nc1ccc(N2C(=O)C[C@H](N3CCCC[C@@H]3CCO)C2=O)cc1. The molecule has 2 heterocycles. The highest BCUT2D eigenvalue weighted by Gasteiger charge is 2.44. The van der Waals surface area contributed by atoms with Crippen LogP contribution in [-0.4, -0.2) is 53.0 Å². The molecule has 26 heavy (non-hydrogen) atoms. The zero-order chi connectivity index (χ0) is 18.7. The number of amides is 3. The van der Waals surface area contributed by atoms with Crippen LogP contribution in [0.5, 0.6) is 0 Å². The number of imide groups is 1. The number of aliphatic hydroxyl groups is 1. The Bertz CT molecular complexity index is 687. The van der Waals surface area contributed by atoms with Crippen molar-refractivity contribution in [2.45, 2.75) is 51.1 Å². The molecule has 3 rings (SSSR count). The molecule has 0 bridgehead atoms. The summed E-state index contributed by atoms with van der Waals surface area (Å²) in [5.74, 6) is -0.584.